The Balaban J connectivity index is 1.36. The third-order valence-electron chi connectivity index (χ3n) is 7.29. The molecule has 0 saturated carbocycles. The van der Waals surface area contributed by atoms with Crippen LogP contribution < -0.4 is 26.7 Å². The van der Waals surface area contributed by atoms with Crippen LogP contribution in [0.25, 0.3) is 11.0 Å². The normalized spacial score (nSPS) is 20.5. The van der Waals surface area contributed by atoms with Gasteiger partial charge in [-0.25, -0.2) is 19.0 Å². The zero-order valence-corrected chi connectivity index (χ0v) is 25.0. The third kappa shape index (κ3) is 5.87. The van der Waals surface area contributed by atoms with E-state index in [1.54, 1.807) is 51.1 Å². The van der Waals surface area contributed by atoms with Crippen molar-refractivity contribution in [2.75, 3.05) is 6.61 Å². The fourth-order valence-corrected chi connectivity index (χ4v) is 6.92. The molecular weight excluding hydrogens is 612 g/mol. The molecule has 2 aliphatic rings. The number of hydrogen-bond donors (Lipinski definition) is 3. The van der Waals surface area contributed by atoms with E-state index < -0.39 is 76.0 Å². The Morgan fingerprint density at radius 3 is 2.44 bits per heavy atom. The minimum absolute atomic E-state index is 0.0236. The van der Waals surface area contributed by atoms with Crippen LogP contribution in [0.15, 0.2) is 62.5 Å². The van der Waals surface area contributed by atoms with Gasteiger partial charge < -0.3 is 34.5 Å². The fraction of sp³-hybridized carbons (Fsp3) is 0.345. The van der Waals surface area contributed by atoms with Gasteiger partial charge in [0, 0.05) is 4.75 Å². The number of hydrogen-bond acceptors (Lipinski definition) is 11. The number of carboxylic acid groups (broad SMARTS) is 1. The Morgan fingerprint density at radius 2 is 1.78 bits per heavy atom. The summed E-state index contributed by atoms with van der Waals surface area (Å²) in [7, 11) is 0. The van der Waals surface area contributed by atoms with Crippen LogP contribution in [0.2, 0.25) is 0 Å². The summed E-state index contributed by atoms with van der Waals surface area (Å²) in [5.41, 5.74) is -0.898. The molecule has 2 aromatic carbocycles. The lowest BCUT2D eigenvalue weighted by Crippen LogP contribution is -2.71. The van der Waals surface area contributed by atoms with E-state index in [4.69, 9.17) is 13.9 Å². The molecule has 0 spiro atoms. The molecule has 45 heavy (non-hydrogen) atoms. The van der Waals surface area contributed by atoms with Crippen molar-refractivity contribution in [1.82, 2.24) is 20.1 Å². The maximum absolute atomic E-state index is 13.5. The van der Waals surface area contributed by atoms with Gasteiger partial charge in [-0.2, -0.15) is 0 Å². The second-order valence-corrected chi connectivity index (χ2v) is 12.4. The molecule has 3 N–H and O–H groups in total. The molecule has 2 aliphatic heterocycles. The maximum Gasteiger partial charge on any atom is 0.513 e. The molecule has 3 aromatic rings. The first-order chi connectivity index (χ1) is 21.3. The quantitative estimate of drug-likeness (QED) is 0.170. The van der Waals surface area contributed by atoms with Crippen LogP contribution in [0.3, 0.4) is 0 Å². The van der Waals surface area contributed by atoms with E-state index in [-0.39, 0.29) is 23.3 Å². The lowest BCUT2D eigenvalue weighted by molar-refractivity contribution is -0.161. The van der Waals surface area contributed by atoms with E-state index in [0.717, 1.165) is 0 Å². The lowest BCUT2D eigenvalue weighted by atomic mass is 9.95. The SMILES string of the molecule is CCOC(=O)Oc1cccc2c(=O)n(CC(=O)N[C@@H](C(=O)N[C@@H]3C(=O)N4[C@@H]3SC(C)(C)[C@@H]4C(=O)O)c3ccccc3)c(=O)oc12. The number of aromatic nitrogens is 1. The first kappa shape index (κ1) is 31.3. The van der Waals surface area contributed by atoms with Crippen molar-refractivity contribution in [2.45, 2.75) is 55.6 Å². The molecule has 236 valence electrons. The fourth-order valence-electron chi connectivity index (χ4n) is 5.29. The van der Waals surface area contributed by atoms with Gasteiger partial charge in [0.25, 0.3) is 5.56 Å². The number of rotatable bonds is 9. The number of benzene rings is 2. The van der Waals surface area contributed by atoms with E-state index in [1.165, 1.54) is 34.9 Å². The summed E-state index contributed by atoms with van der Waals surface area (Å²) in [6.45, 7) is 4.16. The molecule has 0 radical (unpaired) electrons. The summed E-state index contributed by atoms with van der Waals surface area (Å²) < 4.78 is 14.7. The van der Waals surface area contributed by atoms with Gasteiger partial charge in [-0.1, -0.05) is 36.4 Å². The minimum Gasteiger partial charge on any atom is -0.480 e. The molecule has 0 unspecified atom stereocenters. The Morgan fingerprint density at radius 1 is 1.07 bits per heavy atom. The molecule has 3 amide bonds. The van der Waals surface area contributed by atoms with Crippen molar-refractivity contribution in [3.05, 3.63) is 75.0 Å². The van der Waals surface area contributed by atoms with Crippen LogP contribution >= 0.6 is 11.8 Å². The average molecular weight is 641 g/mol. The number of thioether (sulfide) groups is 1. The topological polar surface area (TPSA) is 204 Å². The number of carbonyl (C=O) groups excluding carboxylic acids is 4. The van der Waals surface area contributed by atoms with Crippen LogP contribution in [-0.4, -0.2) is 73.2 Å². The van der Waals surface area contributed by atoms with Gasteiger partial charge in [0.05, 0.1) is 12.0 Å². The molecular formula is C29H28N4O11S. The minimum atomic E-state index is -1.34. The van der Waals surface area contributed by atoms with Crippen molar-refractivity contribution in [3.8, 4) is 5.75 Å². The number of nitrogens with zero attached hydrogens (tertiary/aromatic N) is 2. The highest BCUT2D eigenvalue weighted by Gasteiger charge is 2.64. The van der Waals surface area contributed by atoms with E-state index in [0.29, 0.717) is 10.1 Å². The zero-order chi connectivity index (χ0) is 32.6. The Hall–Kier alpha value is -5.12. The van der Waals surface area contributed by atoms with Gasteiger partial charge in [-0.15, -0.1) is 11.8 Å². The van der Waals surface area contributed by atoms with Crippen LogP contribution in [0.1, 0.15) is 32.4 Å². The van der Waals surface area contributed by atoms with E-state index >= 15 is 0 Å². The van der Waals surface area contributed by atoms with Crippen molar-refractivity contribution in [2.24, 2.45) is 0 Å². The van der Waals surface area contributed by atoms with Gasteiger partial charge in [0.15, 0.2) is 11.3 Å². The first-order valence-corrected chi connectivity index (χ1v) is 14.6. The molecule has 5 rings (SSSR count). The van der Waals surface area contributed by atoms with Gasteiger partial charge in [0.2, 0.25) is 17.7 Å². The number of aliphatic carboxylic acids is 1. The van der Waals surface area contributed by atoms with Crippen molar-refractivity contribution >= 4 is 52.6 Å². The van der Waals surface area contributed by atoms with Crippen LogP contribution in [0.4, 0.5) is 4.79 Å². The van der Waals surface area contributed by atoms with Crippen molar-refractivity contribution in [3.63, 3.8) is 0 Å². The van der Waals surface area contributed by atoms with Gasteiger partial charge >= 0.3 is 17.9 Å². The Kier molecular flexibility index (Phi) is 8.42. The lowest BCUT2D eigenvalue weighted by Gasteiger charge is -2.44. The predicted molar refractivity (Wildman–Crippen MR) is 157 cm³/mol. The Bertz CT molecular complexity index is 1820. The number of fused-ring (bicyclic) bond motifs is 2. The smallest absolute Gasteiger partial charge is 0.480 e. The first-order valence-electron chi connectivity index (χ1n) is 13.7. The van der Waals surface area contributed by atoms with Gasteiger partial charge in [0.1, 0.15) is 30.0 Å². The molecule has 0 aliphatic carbocycles. The molecule has 2 fully saturated rings. The summed E-state index contributed by atoms with van der Waals surface area (Å²) in [6, 6.07) is 8.61. The number of para-hydroxylation sites is 1. The summed E-state index contributed by atoms with van der Waals surface area (Å²) in [5.74, 6) is -4.85. The Labute approximate surface area is 258 Å². The molecule has 4 atom stereocenters. The number of carboxylic acids is 1. The number of nitrogens with one attached hydrogen (secondary N) is 2. The summed E-state index contributed by atoms with van der Waals surface area (Å²) in [6.07, 6.45) is -1.07. The number of ether oxygens (including phenoxy) is 2. The molecule has 15 nitrogen and oxygen atoms in total. The summed E-state index contributed by atoms with van der Waals surface area (Å²) in [5, 5.41) is 14.0. The van der Waals surface area contributed by atoms with Gasteiger partial charge in [-0.05, 0) is 38.5 Å². The van der Waals surface area contributed by atoms with Crippen molar-refractivity contribution in [1.29, 1.82) is 0 Å². The second kappa shape index (κ2) is 12.1. The maximum atomic E-state index is 13.5. The highest BCUT2D eigenvalue weighted by Crippen LogP contribution is 2.50. The molecule has 2 saturated heterocycles. The third-order valence-corrected chi connectivity index (χ3v) is 8.87. The summed E-state index contributed by atoms with van der Waals surface area (Å²) >= 11 is 1.25. The molecule has 0 bridgehead atoms. The zero-order valence-electron chi connectivity index (χ0n) is 24.2. The molecule has 3 heterocycles. The highest BCUT2D eigenvalue weighted by molar-refractivity contribution is 8.01. The van der Waals surface area contributed by atoms with E-state index in [9.17, 15) is 38.7 Å². The highest BCUT2D eigenvalue weighted by atomic mass is 32.2. The van der Waals surface area contributed by atoms with Crippen molar-refractivity contribution < 1.29 is 43.0 Å². The van der Waals surface area contributed by atoms with Crippen LogP contribution in [0.5, 0.6) is 5.75 Å². The average Bonchev–Trinajstić information content (AvgIpc) is 3.25. The number of β-lactam (4-membered cyclic amide) rings is 1. The molecule has 16 heteroatoms. The number of carbonyl (C=O) groups is 5. The standard InChI is InChI=1S/C29H28N4O11S/c1-4-42-28(41)43-16-12-8-11-15-20(16)44-27(40)32(23(15)36)13-17(34)30-18(14-9-6-5-7-10-14)22(35)31-19-24(37)33-21(26(38)39)29(2,3)45-25(19)33/h5-12,18-19,21,25H,4,13H2,1-3H3,(H,30,34)(H,31,35)(H,38,39)/t18-,19-,21+,25-/m1/s1. The van der Waals surface area contributed by atoms with Gasteiger partial charge in [-0.3, -0.25) is 19.2 Å². The monoisotopic (exact) mass is 640 g/mol. The largest absolute Gasteiger partial charge is 0.513 e. The van der Waals surface area contributed by atoms with E-state index in [2.05, 4.69) is 10.6 Å². The second-order valence-electron chi connectivity index (χ2n) is 10.7. The summed E-state index contributed by atoms with van der Waals surface area (Å²) in [4.78, 5) is 90.4. The van der Waals surface area contributed by atoms with Crippen LogP contribution in [-0.2, 0) is 30.5 Å². The predicted octanol–water partition coefficient (Wildman–Crippen LogP) is 0.979. The van der Waals surface area contributed by atoms with E-state index in [1.807, 2.05) is 0 Å². The molecule has 1 aromatic heterocycles. The van der Waals surface area contributed by atoms with Crippen LogP contribution in [0, 0.1) is 0 Å². The number of amides is 3.